The summed E-state index contributed by atoms with van der Waals surface area (Å²) in [4.78, 5) is 35.0. The summed E-state index contributed by atoms with van der Waals surface area (Å²) in [5, 5.41) is 8.12. The molecule has 8 heteroatoms. The quantitative estimate of drug-likeness (QED) is 0.328. The average molecular weight is 634 g/mol. The van der Waals surface area contributed by atoms with Crippen molar-refractivity contribution in [3.63, 3.8) is 0 Å². The fourth-order valence-corrected chi connectivity index (χ4v) is 8.72. The first kappa shape index (κ1) is 32.3. The zero-order valence-corrected chi connectivity index (χ0v) is 28.0. The van der Waals surface area contributed by atoms with E-state index in [1.54, 1.807) is 0 Å². The van der Waals surface area contributed by atoms with E-state index in [0.717, 1.165) is 76.7 Å². The molecule has 7 nitrogen and oxygen atoms in total. The fraction of sp³-hybridized carbons (Fsp3) is 0.622. The molecule has 2 aromatic carbocycles. The molecule has 244 valence electrons. The molecular weight excluding hydrogens is 582 g/mol. The lowest BCUT2D eigenvalue weighted by molar-refractivity contribution is -0.139. The zero-order valence-electron chi connectivity index (χ0n) is 27.2. The van der Waals surface area contributed by atoms with Crippen LogP contribution in [0.25, 0.3) is 0 Å². The van der Waals surface area contributed by atoms with Gasteiger partial charge >= 0.3 is 6.03 Å². The van der Waals surface area contributed by atoms with Crippen LogP contribution in [-0.4, -0.2) is 82.5 Å². The molecule has 4 aliphatic rings. The summed E-state index contributed by atoms with van der Waals surface area (Å²) in [5.74, 6) is 0.214. The van der Waals surface area contributed by atoms with Gasteiger partial charge < -0.3 is 25.3 Å². The van der Waals surface area contributed by atoms with Gasteiger partial charge in [0, 0.05) is 61.4 Å². The van der Waals surface area contributed by atoms with Crippen LogP contribution in [0.15, 0.2) is 48.5 Å². The molecule has 6 rings (SSSR count). The van der Waals surface area contributed by atoms with Gasteiger partial charge in [-0.2, -0.15) is 0 Å². The highest BCUT2D eigenvalue weighted by Gasteiger charge is 2.48. The van der Waals surface area contributed by atoms with Crippen LogP contribution >= 0.6 is 11.6 Å². The first-order chi connectivity index (χ1) is 21.9. The largest absolute Gasteiger partial charge is 0.335 e. The van der Waals surface area contributed by atoms with E-state index < -0.39 is 0 Å². The van der Waals surface area contributed by atoms with Gasteiger partial charge in [-0.3, -0.25) is 4.79 Å². The van der Waals surface area contributed by atoms with Crippen molar-refractivity contribution in [3.05, 3.63) is 70.2 Å². The molecule has 2 aromatic rings. The predicted molar refractivity (Wildman–Crippen MR) is 181 cm³/mol. The topological polar surface area (TPSA) is 67.9 Å². The van der Waals surface area contributed by atoms with E-state index in [2.05, 4.69) is 58.5 Å². The van der Waals surface area contributed by atoms with E-state index in [1.165, 1.54) is 30.4 Å². The molecule has 45 heavy (non-hydrogen) atoms. The summed E-state index contributed by atoms with van der Waals surface area (Å²) >= 11 is 6.21. The second-order valence-corrected chi connectivity index (χ2v) is 14.2. The number of carbonyl (C=O) groups is 2. The highest BCUT2D eigenvalue weighted by atomic mass is 35.5. The molecular formula is C37H52ClN5O2. The van der Waals surface area contributed by atoms with Crippen LogP contribution in [-0.2, 0) is 24.2 Å². The van der Waals surface area contributed by atoms with Crippen LogP contribution < -0.4 is 10.6 Å². The van der Waals surface area contributed by atoms with E-state index in [1.807, 2.05) is 29.2 Å². The first-order valence-corrected chi connectivity index (χ1v) is 18.0. The minimum atomic E-state index is -0.309. The lowest BCUT2D eigenvalue weighted by Crippen LogP contribution is -2.61. The lowest BCUT2D eigenvalue weighted by Gasteiger charge is -2.48. The number of piperidine rings is 1. The zero-order chi connectivity index (χ0) is 31.3. The van der Waals surface area contributed by atoms with Gasteiger partial charge in [0.1, 0.15) is 0 Å². The Morgan fingerprint density at radius 1 is 0.911 bits per heavy atom. The van der Waals surface area contributed by atoms with Gasteiger partial charge in [-0.05, 0) is 94.0 Å². The van der Waals surface area contributed by atoms with E-state index in [9.17, 15) is 9.59 Å². The Bertz CT molecular complexity index is 1280. The highest BCUT2D eigenvalue weighted by Crippen LogP contribution is 2.40. The second kappa shape index (κ2) is 14.9. The van der Waals surface area contributed by atoms with Crippen molar-refractivity contribution in [2.75, 3.05) is 19.6 Å². The number of rotatable bonds is 10. The average Bonchev–Trinajstić information content (AvgIpc) is 3.33. The van der Waals surface area contributed by atoms with E-state index in [4.69, 9.17) is 11.6 Å². The standard InChI is InChI=1S/C37H52ClN5O2/c1-3-41(4-2)37(45)43(31-12-6-5-7-13-31)34-22-32-18-19-33(23-34)42(32)36(44)35(20-26-14-16-29(38)17-15-26)40-25-30-21-27-10-8-9-11-28(27)24-39-30/h8-11,14-17,30-35,39-40H,3-7,12-13,18-25H2,1-2H3/t30?,32?,33?,34?,35-/m1/s1. The van der Waals surface area contributed by atoms with Gasteiger partial charge in [0.15, 0.2) is 0 Å². The fourth-order valence-electron chi connectivity index (χ4n) is 8.60. The van der Waals surface area contributed by atoms with Crippen molar-refractivity contribution in [1.29, 1.82) is 0 Å². The smallest absolute Gasteiger partial charge is 0.320 e. The summed E-state index contributed by atoms with van der Waals surface area (Å²) in [6, 6.07) is 17.6. The molecule has 2 N–H and O–H groups in total. The molecule has 0 radical (unpaired) electrons. The first-order valence-electron chi connectivity index (χ1n) is 17.6. The van der Waals surface area contributed by atoms with Crippen molar-refractivity contribution in [2.45, 2.75) is 127 Å². The number of fused-ring (bicyclic) bond motifs is 3. The van der Waals surface area contributed by atoms with Gasteiger partial charge in [-0.15, -0.1) is 0 Å². The Morgan fingerprint density at radius 3 is 2.24 bits per heavy atom. The molecule has 0 spiro atoms. The number of benzene rings is 2. The molecule has 4 atom stereocenters. The summed E-state index contributed by atoms with van der Waals surface area (Å²) in [6.45, 7) is 7.24. The molecule has 3 aliphatic heterocycles. The van der Waals surface area contributed by atoms with Gasteiger partial charge in [0.25, 0.3) is 0 Å². The van der Waals surface area contributed by atoms with Crippen LogP contribution in [0.2, 0.25) is 5.02 Å². The molecule has 2 bridgehead atoms. The number of nitrogens with zero attached hydrogens (tertiary/aromatic N) is 3. The number of hydrogen-bond donors (Lipinski definition) is 2. The highest BCUT2D eigenvalue weighted by molar-refractivity contribution is 6.30. The molecule has 2 saturated heterocycles. The Morgan fingerprint density at radius 2 is 1.58 bits per heavy atom. The number of nitrogens with one attached hydrogen (secondary N) is 2. The monoisotopic (exact) mass is 633 g/mol. The van der Waals surface area contributed by atoms with Crippen LogP contribution in [0.5, 0.6) is 0 Å². The number of halogens is 1. The number of amides is 3. The van der Waals surface area contributed by atoms with E-state index in [0.29, 0.717) is 17.5 Å². The van der Waals surface area contributed by atoms with Crippen molar-refractivity contribution in [2.24, 2.45) is 0 Å². The molecule has 3 heterocycles. The predicted octanol–water partition coefficient (Wildman–Crippen LogP) is 6.17. The van der Waals surface area contributed by atoms with E-state index in [-0.39, 0.29) is 42.1 Å². The normalized spacial score (nSPS) is 25.4. The third kappa shape index (κ3) is 7.36. The van der Waals surface area contributed by atoms with E-state index >= 15 is 0 Å². The summed E-state index contributed by atoms with van der Waals surface area (Å²) in [5.41, 5.74) is 3.87. The summed E-state index contributed by atoms with van der Waals surface area (Å²) in [7, 11) is 0. The number of carbonyl (C=O) groups excluding carboxylic acids is 2. The van der Waals surface area contributed by atoms with Crippen LogP contribution in [0.3, 0.4) is 0 Å². The van der Waals surface area contributed by atoms with Crippen LogP contribution in [0.4, 0.5) is 4.79 Å². The lowest BCUT2D eigenvalue weighted by atomic mass is 9.89. The Kier molecular flexibility index (Phi) is 10.7. The van der Waals surface area contributed by atoms with Crippen LogP contribution in [0, 0.1) is 0 Å². The molecule has 3 fully saturated rings. The van der Waals surface area contributed by atoms with Gasteiger partial charge in [0.2, 0.25) is 5.91 Å². The molecule has 1 saturated carbocycles. The third-order valence-corrected chi connectivity index (χ3v) is 11.3. The maximum Gasteiger partial charge on any atom is 0.320 e. The summed E-state index contributed by atoms with van der Waals surface area (Å²) < 4.78 is 0. The maximum atomic E-state index is 14.5. The minimum absolute atomic E-state index is 0.186. The SMILES string of the molecule is CCN(CC)C(=O)N(C1CCCCC1)C1CC2CCC(C1)N2C(=O)[C@@H](Cc1ccc(Cl)cc1)NCC1Cc2ccccc2CN1. The summed E-state index contributed by atoms with van der Waals surface area (Å²) in [6.07, 6.45) is 11.3. The Balaban J connectivity index is 1.18. The number of urea groups is 1. The van der Waals surface area contributed by atoms with Crippen molar-refractivity contribution in [1.82, 2.24) is 25.3 Å². The molecule has 3 amide bonds. The second-order valence-electron chi connectivity index (χ2n) is 13.8. The Hall–Kier alpha value is -2.61. The third-order valence-electron chi connectivity index (χ3n) is 11.0. The maximum absolute atomic E-state index is 14.5. The molecule has 1 aliphatic carbocycles. The number of hydrogen-bond acceptors (Lipinski definition) is 4. The van der Waals surface area contributed by atoms with Crippen molar-refractivity contribution in [3.8, 4) is 0 Å². The van der Waals surface area contributed by atoms with Gasteiger partial charge in [-0.25, -0.2) is 4.79 Å². The van der Waals surface area contributed by atoms with Gasteiger partial charge in [-0.1, -0.05) is 67.3 Å². The minimum Gasteiger partial charge on any atom is -0.335 e. The van der Waals surface area contributed by atoms with Crippen molar-refractivity contribution >= 4 is 23.5 Å². The Labute approximate surface area is 275 Å². The molecule has 3 unspecified atom stereocenters. The van der Waals surface area contributed by atoms with Gasteiger partial charge in [0.05, 0.1) is 6.04 Å². The van der Waals surface area contributed by atoms with Crippen molar-refractivity contribution < 1.29 is 9.59 Å². The molecule has 0 aromatic heterocycles. The van der Waals surface area contributed by atoms with Crippen LogP contribution in [0.1, 0.15) is 88.3 Å².